The second kappa shape index (κ2) is 15.2. The first-order valence-electron chi connectivity index (χ1n) is 20.6. The highest BCUT2D eigenvalue weighted by atomic mass is 32.2. The number of fused-ring (bicyclic) bond motifs is 5. The molecule has 17 heteroatoms. The number of hydrogen-bond donors (Lipinski definition) is 3. The van der Waals surface area contributed by atoms with Crippen LogP contribution in [0.4, 0.5) is 13.6 Å². The van der Waals surface area contributed by atoms with E-state index in [4.69, 9.17) is 14.5 Å². The number of allylic oxidation sites excluding steroid dienone is 1. The number of aryl methyl sites for hydroxylation is 1. The Kier molecular flexibility index (Phi) is 11.0. The van der Waals surface area contributed by atoms with E-state index in [0.29, 0.717) is 73.8 Å². The molecular weight excluding hydrogens is 789 g/mol. The minimum absolute atomic E-state index is 0.0924. The fourth-order valence-corrected chi connectivity index (χ4v) is 10.2. The first-order valence-corrected chi connectivity index (χ1v) is 22.1. The van der Waals surface area contributed by atoms with Crippen LogP contribution in [-0.4, -0.2) is 105 Å². The highest BCUT2D eigenvalue weighted by Crippen LogP contribution is 2.48. The summed E-state index contributed by atoms with van der Waals surface area (Å²) in [5.74, 6) is -6.67. The van der Waals surface area contributed by atoms with E-state index in [9.17, 15) is 27.9 Å². The Morgan fingerprint density at radius 2 is 1.81 bits per heavy atom. The zero-order valence-electron chi connectivity index (χ0n) is 34.4. The molecule has 2 aromatic rings. The van der Waals surface area contributed by atoms with Gasteiger partial charge in [0.1, 0.15) is 35.0 Å². The fourth-order valence-electron chi connectivity index (χ4n) is 8.91. The number of carbonyl (C=O) groups excluding carboxylic acids is 3. The second-order valence-corrected chi connectivity index (χ2v) is 20.4. The van der Waals surface area contributed by atoms with E-state index in [1.165, 1.54) is 4.90 Å². The van der Waals surface area contributed by atoms with E-state index in [2.05, 4.69) is 10.0 Å². The highest BCUT2D eigenvalue weighted by Gasteiger charge is 2.63. The maximum atomic E-state index is 15.4. The van der Waals surface area contributed by atoms with E-state index >= 15 is 13.6 Å². The molecule has 3 aliphatic heterocycles. The third-order valence-corrected chi connectivity index (χ3v) is 15.5. The van der Waals surface area contributed by atoms with E-state index in [1.807, 2.05) is 37.3 Å². The molecule has 7 rings (SSSR count). The van der Waals surface area contributed by atoms with Crippen LogP contribution in [0.2, 0.25) is 0 Å². The molecular formula is C42H55F2N5O9S. The lowest BCUT2D eigenvalue weighted by atomic mass is 9.84. The number of alkyl halides is 2. The topological polar surface area (TPSA) is 185 Å². The van der Waals surface area contributed by atoms with Crippen LogP contribution in [0.25, 0.3) is 10.8 Å². The minimum atomic E-state index is -4.09. The van der Waals surface area contributed by atoms with Crippen molar-refractivity contribution in [3.8, 4) is 11.6 Å². The molecule has 2 aliphatic carbocycles. The van der Waals surface area contributed by atoms with Crippen molar-refractivity contribution in [3.63, 3.8) is 0 Å². The first kappa shape index (κ1) is 42.6. The molecule has 59 heavy (non-hydrogen) atoms. The maximum Gasteiger partial charge on any atom is 0.408 e. The number of carboxylic acid groups (broad SMARTS) is 1. The second-order valence-electron chi connectivity index (χ2n) is 18.2. The number of amides is 4. The molecule has 322 valence electrons. The summed E-state index contributed by atoms with van der Waals surface area (Å²) in [6.45, 7) is 8.18. The number of sulfonamides is 1. The lowest BCUT2D eigenvalue weighted by molar-refractivity contribution is -0.156. The molecule has 1 aromatic carbocycles. The summed E-state index contributed by atoms with van der Waals surface area (Å²) in [4.78, 5) is 63.6. The minimum Gasteiger partial charge on any atom is -0.491 e. The zero-order chi connectivity index (χ0) is 42.9. The van der Waals surface area contributed by atoms with Crippen LogP contribution in [-0.2, 0) is 30.8 Å². The molecule has 1 aromatic heterocycles. The van der Waals surface area contributed by atoms with Crippen LogP contribution in [0.1, 0.15) is 98.6 Å². The fraction of sp³-hybridized carbons (Fsp3) is 0.643. The molecule has 5 aliphatic rings. The number of pyridine rings is 1. The summed E-state index contributed by atoms with van der Waals surface area (Å²) in [5, 5.41) is 14.9. The number of aromatic nitrogens is 1. The molecule has 0 spiro atoms. The van der Waals surface area contributed by atoms with Gasteiger partial charge in [-0.05, 0) is 90.0 Å². The van der Waals surface area contributed by atoms with E-state index in [1.54, 1.807) is 19.9 Å². The van der Waals surface area contributed by atoms with Gasteiger partial charge >= 0.3 is 6.09 Å². The largest absolute Gasteiger partial charge is 0.491 e. The van der Waals surface area contributed by atoms with Gasteiger partial charge in [-0.15, -0.1) is 0 Å². The Bertz CT molecular complexity index is 2170. The van der Waals surface area contributed by atoms with E-state index in [-0.39, 0.29) is 31.2 Å². The lowest BCUT2D eigenvalue weighted by Gasteiger charge is -2.47. The smallest absolute Gasteiger partial charge is 0.408 e. The van der Waals surface area contributed by atoms with Crippen molar-refractivity contribution >= 4 is 44.6 Å². The van der Waals surface area contributed by atoms with Gasteiger partial charge in [0, 0.05) is 30.0 Å². The number of benzene rings is 1. The molecule has 0 radical (unpaired) electrons. The van der Waals surface area contributed by atoms with Gasteiger partial charge in [0.15, 0.2) is 0 Å². The summed E-state index contributed by atoms with van der Waals surface area (Å²) in [6, 6.07) is 4.36. The maximum absolute atomic E-state index is 15.4. The first-order chi connectivity index (χ1) is 27.6. The highest BCUT2D eigenvalue weighted by molar-refractivity contribution is 7.91. The van der Waals surface area contributed by atoms with Gasteiger partial charge in [-0.25, -0.2) is 27.0 Å². The molecule has 0 bridgehead atoms. The molecule has 3 fully saturated rings. The third-order valence-electron chi connectivity index (χ3n) is 13.3. The van der Waals surface area contributed by atoms with Gasteiger partial charge in [-0.3, -0.25) is 24.0 Å². The Labute approximate surface area is 343 Å². The van der Waals surface area contributed by atoms with Gasteiger partial charge in [-0.2, -0.15) is 0 Å². The normalized spacial score (nSPS) is 29.7. The number of rotatable bonds is 8. The Morgan fingerprint density at radius 3 is 2.47 bits per heavy atom. The number of ether oxygens (including phenoxy) is 2. The van der Waals surface area contributed by atoms with Gasteiger partial charge in [0.2, 0.25) is 27.7 Å². The van der Waals surface area contributed by atoms with Crippen molar-refractivity contribution < 1.29 is 51.0 Å². The van der Waals surface area contributed by atoms with Crippen LogP contribution < -0.4 is 19.5 Å². The van der Waals surface area contributed by atoms with Crippen LogP contribution in [0.15, 0.2) is 36.4 Å². The molecule has 1 saturated heterocycles. The molecule has 4 amide bonds. The van der Waals surface area contributed by atoms with E-state index < -0.39 is 85.6 Å². The quantitative estimate of drug-likeness (QED) is 0.284. The molecule has 2 saturated carbocycles. The number of hydrogen-bond acceptors (Lipinski definition) is 9. The summed E-state index contributed by atoms with van der Waals surface area (Å²) >= 11 is 0. The number of nitrogens with zero attached hydrogens (tertiary/aromatic N) is 3. The average molecular weight is 844 g/mol. The number of nitrogens with one attached hydrogen (secondary N) is 2. The van der Waals surface area contributed by atoms with Crippen molar-refractivity contribution in [2.24, 2.45) is 17.8 Å². The predicted octanol–water partition coefficient (Wildman–Crippen LogP) is 5.58. The standard InChI is InChI=1S/C42H55F2N5O9S/c1-24-12-7-8-13-26-22-42(26,37(52)47-59(55,56)40(5)17-18-40)46-34(50)31-21-27(58-35-29-15-10-9-14-28(29)33-30(45-35)16-11-19-57-33)23-48(31)36(51)32(25(2)20-24)49(38(53)54)39(3,4)41(6,43)44/h8-10,13-15,24-27,31-32H,7,11-12,16-23H2,1-6H3,(H,46,50)(H,47,52)(H,53,54)/t24-,25+,26+,27+,31-,32-,42+/m0/s1. The van der Waals surface area contributed by atoms with E-state index in [0.717, 1.165) is 25.7 Å². The molecule has 4 heterocycles. The van der Waals surface area contributed by atoms with Crippen molar-refractivity contribution in [1.29, 1.82) is 0 Å². The van der Waals surface area contributed by atoms with Crippen molar-refractivity contribution in [2.45, 2.75) is 139 Å². The van der Waals surface area contributed by atoms with Crippen LogP contribution in [0.3, 0.4) is 0 Å². The predicted molar refractivity (Wildman–Crippen MR) is 213 cm³/mol. The average Bonchev–Trinajstić information content (AvgIpc) is 4.04. The van der Waals surface area contributed by atoms with Crippen LogP contribution in [0, 0.1) is 17.8 Å². The summed E-state index contributed by atoms with van der Waals surface area (Å²) < 4.78 is 71.0. The monoisotopic (exact) mass is 843 g/mol. The summed E-state index contributed by atoms with van der Waals surface area (Å²) in [5.41, 5.74) is -3.34. The van der Waals surface area contributed by atoms with Gasteiger partial charge < -0.3 is 24.8 Å². The number of halogens is 2. The van der Waals surface area contributed by atoms with Crippen molar-refractivity contribution in [2.75, 3.05) is 13.2 Å². The van der Waals surface area contributed by atoms with Crippen molar-refractivity contribution in [1.82, 2.24) is 24.8 Å². The summed E-state index contributed by atoms with van der Waals surface area (Å²) in [6.07, 6.45) is 4.55. The Hall–Kier alpha value is -4.54. The Morgan fingerprint density at radius 1 is 1.12 bits per heavy atom. The van der Waals surface area contributed by atoms with Gasteiger partial charge in [-0.1, -0.05) is 44.2 Å². The van der Waals surface area contributed by atoms with Gasteiger partial charge in [0.05, 0.1) is 23.6 Å². The molecule has 7 atom stereocenters. The van der Waals surface area contributed by atoms with Crippen LogP contribution in [0.5, 0.6) is 11.6 Å². The van der Waals surface area contributed by atoms with Crippen molar-refractivity contribution in [3.05, 3.63) is 42.1 Å². The Balaban J connectivity index is 1.30. The van der Waals surface area contributed by atoms with Crippen LogP contribution >= 0.6 is 0 Å². The van der Waals surface area contributed by atoms with Gasteiger partial charge in [0.25, 0.3) is 11.8 Å². The zero-order valence-corrected chi connectivity index (χ0v) is 35.2. The molecule has 3 N–H and O–H groups in total. The lowest BCUT2D eigenvalue weighted by Crippen LogP contribution is -2.66. The third kappa shape index (κ3) is 7.83. The molecule has 14 nitrogen and oxygen atoms in total. The number of carbonyl (C=O) groups is 4. The summed E-state index contributed by atoms with van der Waals surface area (Å²) in [7, 11) is -4.09. The molecule has 0 unspecified atom stereocenters. The SMILES string of the molecule is C[C@H]1CCC=C[C@@H]2C[C@@]2(C(=O)NS(=O)(=O)C2(C)CC2)NC(=O)[C@@H]2C[C@@H](Oc3nc4c(c5ccccc35)OCCC4)CN2C(=O)[C@@H](N(C(=O)O)C(C)(C)C(C)(F)F)[C@H](C)C1.